The van der Waals surface area contributed by atoms with Gasteiger partial charge in [0.25, 0.3) is 0 Å². The van der Waals surface area contributed by atoms with Crippen molar-refractivity contribution >= 4 is 17.5 Å². The Bertz CT molecular complexity index is 1020. The summed E-state index contributed by atoms with van der Waals surface area (Å²) in [4.78, 5) is 17.7. The number of piperidine rings is 1. The summed E-state index contributed by atoms with van der Waals surface area (Å²) >= 11 is 6.21. The molecule has 1 amide bonds. The Balaban J connectivity index is 1.52. The fourth-order valence-corrected chi connectivity index (χ4v) is 5.33. The Morgan fingerprint density at radius 2 is 1.97 bits per heavy atom. The smallest absolute Gasteiger partial charge is 0.223 e. The molecule has 0 unspecified atom stereocenters. The van der Waals surface area contributed by atoms with E-state index in [9.17, 15) is 4.79 Å². The number of halogens is 1. The Hall–Kier alpha value is -2.09. The van der Waals surface area contributed by atoms with Gasteiger partial charge in [-0.15, -0.1) is 0 Å². The van der Waals surface area contributed by atoms with Crippen molar-refractivity contribution in [3.8, 4) is 5.75 Å². The quantitative estimate of drug-likeness (QED) is 0.591. The molecule has 1 aromatic heterocycles. The van der Waals surface area contributed by atoms with Crippen LogP contribution >= 0.6 is 11.6 Å². The molecule has 3 heterocycles. The molecule has 2 aliphatic heterocycles. The van der Waals surface area contributed by atoms with E-state index in [0.717, 1.165) is 54.5 Å². The van der Waals surface area contributed by atoms with Gasteiger partial charge in [-0.25, -0.2) is 0 Å². The van der Waals surface area contributed by atoms with E-state index < -0.39 is 0 Å². The van der Waals surface area contributed by atoms with E-state index in [1.54, 1.807) is 0 Å². The van der Waals surface area contributed by atoms with E-state index in [0.29, 0.717) is 39.3 Å². The van der Waals surface area contributed by atoms with Crippen LogP contribution in [0.1, 0.15) is 41.8 Å². The van der Waals surface area contributed by atoms with Gasteiger partial charge in [-0.2, -0.15) is 5.10 Å². The summed E-state index contributed by atoms with van der Waals surface area (Å²) in [7, 11) is 2.00. The van der Waals surface area contributed by atoms with Crippen LogP contribution in [-0.2, 0) is 23.1 Å². The van der Waals surface area contributed by atoms with Gasteiger partial charge in [0.05, 0.1) is 25.5 Å². The topological polar surface area (TPSA) is 59.8 Å². The third kappa shape index (κ3) is 5.75. The van der Waals surface area contributed by atoms with E-state index in [-0.39, 0.29) is 11.3 Å². The van der Waals surface area contributed by atoms with Crippen molar-refractivity contribution in [1.82, 2.24) is 19.6 Å². The zero-order valence-electron chi connectivity index (χ0n) is 20.9. The van der Waals surface area contributed by atoms with Crippen LogP contribution in [0.2, 0.25) is 5.02 Å². The van der Waals surface area contributed by atoms with Crippen LogP contribution in [0.5, 0.6) is 5.75 Å². The molecule has 34 heavy (non-hydrogen) atoms. The average Bonchev–Trinajstić information content (AvgIpc) is 3.06. The number of carbonyl (C=O) groups excluding carboxylic acids is 1. The van der Waals surface area contributed by atoms with E-state index in [2.05, 4.69) is 23.8 Å². The molecule has 0 radical (unpaired) electrons. The molecule has 0 spiro atoms. The number of rotatable bonds is 7. The first-order valence-corrected chi connectivity index (χ1v) is 12.6. The number of amides is 1. The zero-order chi connectivity index (χ0) is 24.3. The van der Waals surface area contributed by atoms with Crippen LogP contribution in [0.4, 0.5) is 0 Å². The molecule has 2 aliphatic rings. The van der Waals surface area contributed by atoms with Gasteiger partial charge in [0, 0.05) is 61.3 Å². The fraction of sp³-hybridized carbons (Fsp3) is 0.615. The summed E-state index contributed by atoms with van der Waals surface area (Å²) in [5.74, 6) is 1.01. The van der Waals surface area contributed by atoms with Gasteiger partial charge >= 0.3 is 0 Å². The minimum absolute atomic E-state index is 0.203. The molecule has 2 fully saturated rings. The lowest BCUT2D eigenvalue weighted by Gasteiger charge is -2.43. The molecule has 0 saturated carbocycles. The highest BCUT2D eigenvalue weighted by Crippen LogP contribution is 2.36. The number of hydrogen-bond donors (Lipinski definition) is 0. The van der Waals surface area contributed by atoms with Crippen molar-refractivity contribution in [3.63, 3.8) is 0 Å². The van der Waals surface area contributed by atoms with Gasteiger partial charge in [0.1, 0.15) is 5.75 Å². The summed E-state index contributed by atoms with van der Waals surface area (Å²) < 4.78 is 13.7. The first-order valence-electron chi connectivity index (χ1n) is 12.2. The van der Waals surface area contributed by atoms with E-state index in [1.165, 1.54) is 11.3 Å². The first-order chi connectivity index (χ1) is 16.3. The predicted octanol–water partition coefficient (Wildman–Crippen LogP) is 3.91. The Morgan fingerprint density at radius 3 is 2.65 bits per heavy atom. The van der Waals surface area contributed by atoms with Gasteiger partial charge in [-0.3, -0.25) is 14.4 Å². The molecule has 1 aromatic carbocycles. The summed E-state index contributed by atoms with van der Waals surface area (Å²) in [6, 6.07) is 5.76. The van der Waals surface area contributed by atoms with E-state index >= 15 is 0 Å². The van der Waals surface area contributed by atoms with Gasteiger partial charge in [-0.05, 0) is 63.9 Å². The number of aromatic nitrogens is 2. The van der Waals surface area contributed by atoms with Crippen molar-refractivity contribution in [2.24, 2.45) is 12.5 Å². The van der Waals surface area contributed by atoms with Crippen molar-refractivity contribution in [1.29, 1.82) is 0 Å². The van der Waals surface area contributed by atoms with Crippen LogP contribution in [0.3, 0.4) is 0 Å². The van der Waals surface area contributed by atoms with Crippen LogP contribution in [0.25, 0.3) is 0 Å². The molecule has 0 bridgehead atoms. The van der Waals surface area contributed by atoms with Crippen LogP contribution in [-0.4, -0.2) is 71.5 Å². The number of ether oxygens (including phenoxy) is 2. The van der Waals surface area contributed by atoms with Gasteiger partial charge in [-0.1, -0.05) is 11.6 Å². The predicted molar refractivity (Wildman–Crippen MR) is 133 cm³/mol. The van der Waals surface area contributed by atoms with Crippen molar-refractivity contribution in [2.45, 2.75) is 46.6 Å². The minimum atomic E-state index is -0.245. The highest BCUT2D eigenvalue weighted by atomic mass is 35.5. The van der Waals surface area contributed by atoms with Gasteiger partial charge in [0.15, 0.2) is 0 Å². The molecular weight excluding hydrogens is 452 g/mol. The maximum absolute atomic E-state index is 13.3. The Kier molecular flexibility index (Phi) is 7.85. The highest BCUT2D eigenvalue weighted by molar-refractivity contribution is 6.31. The maximum Gasteiger partial charge on any atom is 0.223 e. The number of benzene rings is 1. The first kappa shape index (κ1) is 25.0. The highest BCUT2D eigenvalue weighted by Gasteiger charge is 2.40. The lowest BCUT2D eigenvalue weighted by atomic mass is 9.77. The number of carbonyl (C=O) groups is 1. The number of morpholine rings is 1. The molecule has 2 saturated heterocycles. The van der Waals surface area contributed by atoms with Gasteiger partial charge < -0.3 is 14.4 Å². The molecule has 4 rings (SSSR count). The summed E-state index contributed by atoms with van der Waals surface area (Å²) in [5, 5.41) is 5.33. The summed E-state index contributed by atoms with van der Waals surface area (Å²) in [6.07, 6.45) is 2.50. The standard InChI is InChI=1S/C26H37ClN4O3/c1-19-14-22(6-7-24(19)27)34-18-26(15-25(32)31-10-12-33-13-11-31)8-5-9-30(17-26)16-23-20(2)28-29(4)21(23)3/h6-7,14H,5,8-13,15-18H2,1-4H3/t26-/m0/s1. The Labute approximate surface area is 207 Å². The second-order valence-electron chi connectivity index (χ2n) is 9.96. The number of hydrogen-bond acceptors (Lipinski definition) is 5. The van der Waals surface area contributed by atoms with Crippen LogP contribution in [0.15, 0.2) is 18.2 Å². The monoisotopic (exact) mass is 488 g/mol. The van der Waals surface area contributed by atoms with Crippen LogP contribution in [0, 0.1) is 26.2 Å². The molecule has 0 N–H and O–H groups in total. The molecule has 2 aromatic rings. The number of likely N-dealkylation sites (tertiary alicyclic amines) is 1. The summed E-state index contributed by atoms with van der Waals surface area (Å²) in [6.45, 7) is 11.9. The Morgan fingerprint density at radius 1 is 1.21 bits per heavy atom. The van der Waals surface area contributed by atoms with Crippen molar-refractivity contribution < 1.29 is 14.3 Å². The fourth-order valence-electron chi connectivity index (χ4n) is 5.22. The second-order valence-corrected chi connectivity index (χ2v) is 10.4. The van der Waals surface area contributed by atoms with E-state index in [1.807, 2.05) is 41.8 Å². The average molecular weight is 489 g/mol. The zero-order valence-corrected chi connectivity index (χ0v) is 21.7. The molecular formula is C26H37ClN4O3. The number of aryl methyl sites for hydroxylation is 3. The number of nitrogens with zero attached hydrogens (tertiary/aromatic N) is 4. The second kappa shape index (κ2) is 10.7. The third-order valence-corrected chi connectivity index (χ3v) is 7.77. The third-order valence-electron chi connectivity index (χ3n) is 7.35. The van der Waals surface area contributed by atoms with Crippen LogP contribution < -0.4 is 4.74 Å². The van der Waals surface area contributed by atoms with E-state index in [4.69, 9.17) is 21.1 Å². The normalized spacial score (nSPS) is 21.6. The SMILES string of the molecule is Cc1cc(OC[C@]2(CC(=O)N3CCOCC3)CCCN(Cc3c(C)nn(C)c3C)C2)ccc1Cl. The minimum Gasteiger partial charge on any atom is -0.493 e. The molecule has 0 aliphatic carbocycles. The lowest BCUT2D eigenvalue weighted by molar-refractivity contribution is -0.139. The largest absolute Gasteiger partial charge is 0.493 e. The van der Waals surface area contributed by atoms with Gasteiger partial charge in [0.2, 0.25) is 5.91 Å². The van der Waals surface area contributed by atoms with Crippen molar-refractivity contribution in [2.75, 3.05) is 46.0 Å². The lowest BCUT2D eigenvalue weighted by Crippen LogP contribution is -2.50. The molecule has 186 valence electrons. The molecule has 1 atom stereocenters. The summed E-state index contributed by atoms with van der Waals surface area (Å²) in [5.41, 5.74) is 4.31. The molecule has 7 nitrogen and oxygen atoms in total. The molecule has 8 heteroatoms. The van der Waals surface area contributed by atoms with Crippen molar-refractivity contribution in [3.05, 3.63) is 45.7 Å². The maximum atomic E-state index is 13.3.